The molecule has 0 fully saturated rings. The van der Waals surface area contributed by atoms with E-state index in [2.05, 4.69) is 5.32 Å². The molecule has 0 heterocycles. The molecule has 5 nitrogen and oxygen atoms in total. The van der Waals surface area contributed by atoms with Gasteiger partial charge in [-0.3, -0.25) is 4.79 Å². The number of benzene rings is 1. The molecular formula is C17H29ClN2O3. The SMILES string of the molecule is CC(C)C[C@H](N)C(=O)NCC(O)c1cccc(OC(C)C)c1.Cl. The van der Waals surface area contributed by atoms with Crippen molar-refractivity contribution in [2.45, 2.75) is 52.4 Å². The van der Waals surface area contributed by atoms with Crippen molar-refractivity contribution in [2.24, 2.45) is 11.7 Å². The van der Waals surface area contributed by atoms with Crippen LogP contribution in [-0.2, 0) is 4.79 Å². The van der Waals surface area contributed by atoms with E-state index in [4.69, 9.17) is 10.5 Å². The van der Waals surface area contributed by atoms with E-state index < -0.39 is 12.1 Å². The minimum atomic E-state index is -0.786. The lowest BCUT2D eigenvalue weighted by Crippen LogP contribution is -2.42. The lowest BCUT2D eigenvalue weighted by Gasteiger charge is -2.17. The zero-order valence-corrected chi connectivity index (χ0v) is 15.1. The number of rotatable bonds is 8. The van der Waals surface area contributed by atoms with Gasteiger partial charge in [0.15, 0.2) is 0 Å². The minimum absolute atomic E-state index is 0. The zero-order valence-electron chi connectivity index (χ0n) is 14.3. The number of carbonyl (C=O) groups excluding carboxylic acids is 1. The van der Waals surface area contributed by atoms with Gasteiger partial charge in [0.1, 0.15) is 5.75 Å². The fourth-order valence-corrected chi connectivity index (χ4v) is 2.13. The summed E-state index contributed by atoms with van der Waals surface area (Å²) in [6, 6.07) is 6.71. The second-order valence-electron chi connectivity index (χ2n) is 6.24. The second-order valence-corrected chi connectivity index (χ2v) is 6.24. The first-order chi connectivity index (χ1) is 10.3. The summed E-state index contributed by atoms with van der Waals surface area (Å²) >= 11 is 0. The molecule has 0 radical (unpaired) electrons. The topological polar surface area (TPSA) is 84.6 Å². The van der Waals surface area contributed by atoms with Crippen molar-refractivity contribution in [3.05, 3.63) is 29.8 Å². The third-order valence-corrected chi connectivity index (χ3v) is 3.15. The van der Waals surface area contributed by atoms with E-state index in [-0.39, 0.29) is 31.0 Å². The maximum atomic E-state index is 11.9. The van der Waals surface area contributed by atoms with Crippen molar-refractivity contribution in [3.8, 4) is 5.75 Å². The molecule has 6 heteroatoms. The van der Waals surface area contributed by atoms with Crippen LogP contribution in [0.3, 0.4) is 0 Å². The number of aliphatic hydroxyl groups is 1. The van der Waals surface area contributed by atoms with Gasteiger partial charge in [-0.25, -0.2) is 0 Å². The van der Waals surface area contributed by atoms with Crippen LogP contribution >= 0.6 is 12.4 Å². The van der Waals surface area contributed by atoms with Gasteiger partial charge >= 0.3 is 0 Å². The molecule has 1 rings (SSSR count). The van der Waals surface area contributed by atoms with Crippen molar-refractivity contribution < 1.29 is 14.6 Å². The number of hydrogen-bond acceptors (Lipinski definition) is 4. The van der Waals surface area contributed by atoms with Gasteiger partial charge in [-0.15, -0.1) is 12.4 Å². The Morgan fingerprint density at radius 3 is 2.52 bits per heavy atom. The van der Waals surface area contributed by atoms with Crippen LogP contribution in [0, 0.1) is 5.92 Å². The number of ether oxygens (including phenoxy) is 1. The van der Waals surface area contributed by atoms with Crippen LogP contribution in [0.1, 0.15) is 45.8 Å². The lowest BCUT2D eigenvalue weighted by atomic mass is 10.0. The maximum absolute atomic E-state index is 11.9. The number of amides is 1. The van der Waals surface area contributed by atoms with Crippen LogP contribution in [0.5, 0.6) is 5.75 Å². The molecule has 2 atom stereocenters. The normalized spacial score (nSPS) is 13.4. The average molecular weight is 345 g/mol. The highest BCUT2D eigenvalue weighted by atomic mass is 35.5. The monoisotopic (exact) mass is 344 g/mol. The van der Waals surface area contributed by atoms with Crippen LogP contribution in [0.15, 0.2) is 24.3 Å². The third kappa shape index (κ3) is 8.21. The molecule has 0 aliphatic carbocycles. The number of nitrogens with one attached hydrogen (secondary N) is 1. The molecule has 0 saturated carbocycles. The summed E-state index contributed by atoms with van der Waals surface area (Å²) in [5.41, 5.74) is 6.51. The van der Waals surface area contributed by atoms with E-state index in [1.807, 2.05) is 39.8 Å². The van der Waals surface area contributed by atoms with Crippen molar-refractivity contribution >= 4 is 18.3 Å². The molecule has 0 saturated heterocycles. The Labute approximate surface area is 145 Å². The molecule has 0 bridgehead atoms. The third-order valence-electron chi connectivity index (χ3n) is 3.15. The Bertz CT molecular complexity index is 481. The standard InChI is InChI=1S/C17H28N2O3.ClH/c1-11(2)8-15(18)17(21)19-10-16(20)13-6-5-7-14(9-13)22-12(3)4;/h5-7,9,11-12,15-16,20H,8,10,18H2,1-4H3,(H,19,21);1H/t15-,16?;/m0./s1. The maximum Gasteiger partial charge on any atom is 0.237 e. The molecular weight excluding hydrogens is 316 g/mol. The summed E-state index contributed by atoms with van der Waals surface area (Å²) in [7, 11) is 0. The van der Waals surface area contributed by atoms with Crippen molar-refractivity contribution in [3.63, 3.8) is 0 Å². The Hall–Kier alpha value is -1.30. The average Bonchev–Trinajstić information content (AvgIpc) is 2.43. The number of carbonyl (C=O) groups is 1. The number of hydrogen-bond donors (Lipinski definition) is 3. The lowest BCUT2D eigenvalue weighted by molar-refractivity contribution is -0.123. The van der Waals surface area contributed by atoms with Gasteiger partial charge in [0.2, 0.25) is 5.91 Å². The predicted octanol–water partition coefficient (Wildman–Crippen LogP) is 2.42. The fourth-order valence-electron chi connectivity index (χ4n) is 2.13. The Kier molecular flexibility index (Phi) is 9.88. The molecule has 0 aromatic heterocycles. The smallest absolute Gasteiger partial charge is 0.237 e. The second kappa shape index (κ2) is 10.5. The van der Waals surface area contributed by atoms with Crippen molar-refractivity contribution in [1.29, 1.82) is 0 Å². The summed E-state index contributed by atoms with van der Waals surface area (Å²) in [6.45, 7) is 8.05. The summed E-state index contributed by atoms with van der Waals surface area (Å²) < 4.78 is 5.59. The van der Waals surface area contributed by atoms with E-state index in [1.165, 1.54) is 0 Å². The highest BCUT2D eigenvalue weighted by molar-refractivity contribution is 5.85. The summed E-state index contributed by atoms with van der Waals surface area (Å²) in [6.07, 6.45) is -0.0911. The van der Waals surface area contributed by atoms with E-state index >= 15 is 0 Å². The number of halogens is 1. The van der Waals surface area contributed by atoms with E-state index in [1.54, 1.807) is 12.1 Å². The van der Waals surface area contributed by atoms with Gasteiger partial charge in [-0.05, 0) is 43.9 Å². The quantitative estimate of drug-likeness (QED) is 0.676. The van der Waals surface area contributed by atoms with Crippen LogP contribution < -0.4 is 15.8 Å². The highest BCUT2D eigenvalue weighted by Crippen LogP contribution is 2.20. The van der Waals surface area contributed by atoms with E-state index in [9.17, 15) is 9.90 Å². The number of aliphatic hydroxyl groups excluding tert-OH is 1. The van der Waals surface area contributed by atoms with Gasteiger partial charge < -0.3 is 20.9 Å². The van der Waals surface area contributed by atoms with Crippen LogP contribution in [0.4, 0.5) is 0 Å². The van der Waals surface area contributed by atoms with E-state index in [0.717, 1.165) is 0 Å². The number of nitrogens with two attached hydrogens (primary N) is 1. The molecule has 132 valence electrons. The zero-order chi connectivity index (χ0) is 16.7. The molecule has 1 aromatic rings. The van der Waals surface area contributed by atoms with Crippen LogP contribution in [0.2, 0.25) is 0 Å². The Morgan fingerprint density at radius 1 is 1.30 bits per heavy atom. The molecule has 4 N–H and O–H groups in total. The van der Waals surface area contributed by atoms with Gasteiger partial charge in [-0.2, -0.15) is 0 Å². The molecule has 23 heavy (non-hydrogen) atoms. The molecule has 0 aliphatic heterocycles. The van der Waals surface area contributed by atoms with Crippen molar-refractivity contribution in [1.82, 2.24) is 5.32 Å². The highest BCUT2D eigenvalue weighted by Gasteiger charge is 2.16. The Morgan fingerprint density at radius 2 is 1.96 bits per heavy atom. The van der Waals surface area contributed by atoms with Gasteiger partial charge in [0.25, 0.3) is 0 Å². The predicted molar refractivity (Wildman–Crippen MR) is 94.9 cm³/mol. The fraction of sp³-hybridized carbons (Fsp3) is 0.588. The molecule has 0 spiro atoms. The molecule has 0 aliphatic rings. The minimum Gasteiger partial charge on any atom is -0.491 e. The van der Waals surface area contributed by atoms with Gasteiger partial charge in [-0.1, -0.05) is 26.0 Å². The van der Waals surface area contributed by atoms with Crippen LogP contribution in [0.25, 0.3) is 0 Å². The molecule has 1 amide bonds. The summed E-state index contributed by atoms with van der Waals surface area (Å²) in [5.74, 6) is 0.826. The summed E-state index contributed by atoms with van der Waals surface area (Å²) in [5, 5.41) is 12.9. The molecule has 1 unspecified atom stereocenters. The summed E-state index contributed by atoms with van der Waals surface area (Å²) in [4.78, 5) is 11.9. The first-order valence-electron chi connectivity index (χ1n) is 7.77. The first-order valence-corrected chi connectivity index (χ1v) is 7.77. The van der Waals surface area contributed by atoms with Crippen molar-refractivity contribution in [2.75, 3.05) is 6.54 Å². The van der Waals surface area contributed by atoms with Crippen LogP contribution in [-0.4, -0.2) is 29.7 Å². The Balaban J connectivity index is 0.00000484. The largest absolute Gasteiger partial charge is 0.491 e. The first kappa shape index (κ1) is 21.7. The molecule has 1 aromatic carbocycles. The van der Waals surface area contributed by atoms with Gasteiger partial charge in [0.05, 0.1) is 18.2 Å². The van der Waals surface area contributed by atoms with E-state index in [0.29, 0.717) is 23.7 Å². The van der Waals surface area contributed by atoms with Gasteiger partial charge in [0, 0.05) is 6.54 Å².